The minimum Gasteiger partial charge on any atom is -0.457 e. The fourth-order valence-corrected chi connectivity index (χ4v) is 2.63. The van der Waals surface area contributed by atoms with Gasteiger partial charge in [-0.15, -0.1) is 0 Å². The van der Waals surface area contributed by atoms with Gasteiger partial charge in [0.15, 0.2) is 0 Å². The summed E-state index contributed by atoms with van der Waals surface area (Å²) in [7, 11) is 0. The number of hydrogen-bond donors (Lipinski definition) is 1. The summed E-state index contributed by atoms with van der Waals surface area (Å²) in [6.45, 7) is 0.819. The van der Waals surface area contributed by atoms with E-state index in [-0.39, 0.29) is 5.60 Å². The van der Waals surface area contributed by atoms with Gasteiger partial charge in [-0.3, -0.25) is 0 Å². The Labute approximate surface area is 65.6 Å². The van der Waals surface area contributed by atoms with Crippen LogP contribution in [-0.2, 0) is 4.74 Å². The van der Waals surface area contributed by atoms with E-state index in [0.29, 0.717) is 6.02 Å². The summed E-state index contributed by atoms with van der Waals surface area (Å²) < 4.78 is 5.59. The highest BCUT2D eigenvalue weighted by molar-refractivity contribution is 5.74. The van der Waals surface area contributed by atoms with Crippen LogP contribution in [0.1, 0.15) is 19.3 Å². The van der Waals surface area contributed by atoms with Crippen molar-refractivity contribution in [2.75, 3.05) is 6.54 Å². The van der Waals surface area contributed by atoms with E-state index in [1.54, 1.807) is 0 Å². The lowest BCUT2D eigenvalue weighted by Crippen LogP contribution is -2.34. The van der Waals surface area contributed by atoms with Crippen LogP contribution in [0.4, 0.5) is 0 Å². The molecule has 2 aliphatic carbocycles. The maximum Gasteiger partial charge on any atom is 0.282 e. The molecule has 1 heterocycles. The van der Waals surface area contributed by atoms with Crippen molar-refractivity contribution in [3.63, 3.8) is 0 Å². The second kappa shape index (κ2) is 1.54. The Morgan fingerprint density at radius 2 is 2.55 bits per heavy atom. The summed E-state index contributed by atoms with van der Waals surface area (Å²) >= 11 is 0. The van der Waals surface area contributed by atoms with E-state index in [0.717, 1.165) is 18.4 Å². The topological polar surface area (TPSA) is 47.6 Å². The number of aliphatic imine (C=N–C) groups is 1. The fourth-order valence-electron chi connectivity index (χ4n) is 2.63. The molecule has 0 aromatic rings. The Kier molecular flexibility index (Phi) is 0.822. The molecule has 3 unspecified atom stereocenters. The Bertz CT molecular complexity index is 238. The van der Waals surface area contributed by atoms with E-state index >= 15 is 0 Å². The Balaban J connectivity index is 1.87. The zero-order chi connectivity index (χ0) is 7.47. The minimum atomic E-state index is 0.0642. The Morgan fingerprint density at radius 3 is 3.00 bits per heavy atom. The predicted molar refractivity (Wildman–Crippen MR) is 41.1 cm³/mol. The molecule has 1 spiro atoms. The third kappa shape index (κ3) is 0.613. The van der Waals surface area contributed by atoms with Crippen molar-refractivity contribution in [1.82, 2.24) is 0 Å². The fraction of sp³-hybridized carbons (Fsp3) is 0.875. The number of nitrogens with zero attached hydrogens (tertiary/aromatic N) is 1. The van der Waals surface area contributed by atoms with Crippen LogP contribution in [0.5, 0.6) is 0 Å². The Morgan fingerprint density at radius 1 is 1.64 bits per heavy atom. The molecule has 11 heavy (non-hydrogen) atoms. The van der Waals surface area contributed by atoms with Crippen molar-refractivity contribution in [3.05, 3.63) is 0 Å². The minimum absolute atomic E-state index is 0.0642. The first-order valence-corrected chi connectivity index (χ1v) is 4.29. The molecular weight excluding hydrogens is 140 g/mol. The molecule has 3 heteroatoms. The van der Waals surface area contributed by atoms with Crippen molar-refractivity contribution in [2.24, 2.45) is 22.6 Å². The average molecular weight is 152 g/mol. The first-order valence-electron chi connectivity index (χ1n) is 4.29. The second-order valence-corrected chi connectivity index (χ2v) is 3.96. The first kappa shape index (κ1) is 5.86. The number of hydrogen-bond acceptors (Lipinski definition) is 3. The standard InChI is InChI=1S/C8H12N2O/c9-7-10-4-8(11-7)2-1-5-3-6(5)8/h5-6H,1-4H2,(H2,9,10). The molecule has 0 aromatic heterocycles. The van der Waals surface area contributed by atoms with E-state index in [4.69, 9.17) is 10.5 Å². The molecule has 60 valence electrons. The van der Waals surface area contributed by atoms with E-state index in [9.17, 15) is 0 Å². The third-order valence-electron chi connectivity index (χ3n) is 3.35. The number of amidine groups is 1. The zero-order valence-electron chi connectivity index (χ0n) is 6.42. The van der Waals surface area contributed by atoms with Crippen LogP contribution in [0.2, 0.25) is 0 Å². The molecule has 3 nitrogen and oxygen atoms in total. The molecule has 3 rings (SSSR count). The van der Waals surface area contributed by atoms with E-state index in [2.05, 4.69) is 4.99 Å². The van der Waals surface area contributed by atoms with Gasteiger partial charge >= 0.3 is 0 Å². The lowest BCUT2D eigenvalue weighted by Gasteiger charge is -2.23. The molecular formula is C8H12N2O. The molecule has 2 N–H and O–H groups in total. The maximum absolute atomic E-state index is 5.59. The smallest absolute Gasteiger partial charge is 0.282 e. The lowest BCUT2D eigenvalue weighted by molar-refractivity contribution is 0.0696. The van der Waals surface area contributed by atoms with Gasteiger partial charge < -0.3 is 10.5 Å². The molecule has 3 aliphatic rings. The van der Waals surface area contributed by atoms with Crippen LogP contribution in [0, 0.1) is 11.8 Å². The normalized spacial score (nSPS) is 52.2. The summed E-state index contributed by atoms with van der Waals surface area (Å²) in [4.78, 5) is 4.12. The van der Waals surface area contributed by atoms with Gasteiger partial charge in [-0.2, -0.15) is 0 Å². The van der Waals surface area contributed by atoms with E-state index < -0.39 is 0 Å². The molecule has 2 saturated carbocycles. The highest BCUT2D eigenvalue weighted by Crippen LogP contribution is 2.59. The van der Waals surface area contributed by atoms with Gasteiger partial charge in [-0.1, -0.05) is 0 Å². The number of ether oxygens (including phenoxy) is 1. The summed E-state index contributed by atoms with van der Waals surface area (Å²) in [5, 5.41) is 0. The highest BCUT2D eigenvalue weighted by Gasteiger charge is 2.61. The maximum atomic E-state index is 5.59. The van der Waals surface area contributed by atoms with Gasteiger partial charge in [-0.05, 0) is 25.2 Å². The van der Waals surface area contributed by atoms with Crippen LogP contribution >= 0.6 is 0 Å². The SMILES string of the molecule is NC1=NCC2(CCC3CC32)O1. The highest BCUT2D eigenvalue weighted by atomic mass is 16.5. The van der Waals surface area contributed by atoms with Crippen LogP contribution in [-0.4, -0.2) is 18.2 Å². The van der Waals surface area contributed by atoms with Gasteiger partial charge in [0.05, 0.1) is 6.54 Å². The van der Waals surface area contributed by atoms with Crippen molar-refractivity contribution < 1.29 is 4.74 Å². The quantitative estimate of drug-likeness (QED) is 0.549. The van der Waals surface area contributed by atoms with Crippen LogP contribution in [0.15, 0.2) is 4.99 Å². The third-order valence-corrected chi connectivity index (χ3v) is 3.35. The van der Waals surface area contributed by atoms with Crippen LogP contribution in [0.25, 0.3) is 0 Å². The van der Waals surface area contributed by atoms with Crippen molar-refractivity contribution >= 4 is 6.02 Å². The molecule has 0 amide bonds. The summed E-state index contributed by atoms with van der Waals surface area (Å²) in [5.74, 6) is 1.73. The van der Waals surface area contributed by atoms with Crippen LogP contribution < -0.4 is 5.73 Å². The molecule has 0 bridgehead atoms. The van der Waals surface area contributed by atoms with E-state index in [1.165, 1.54) is 19.3 Å². The van der Waals surface area contributed by atoms with Gasteiger partial charge in [0.25, 0.3) is 6.02 Å². The Hall–Kier alpha value is -0.730. The second-order valence-electron chi connectivity index (χ2n) is 3.96. The first-order chi connectivity index (χ1) is 5.30. The molecule has 0 saturated heterocycles. The van der Waals surface area contributed by atoms with Crippen molar-refractivity contribution in [3.8, 4) is 0 Å². The zero-order valence-corrected chi connectivity index (χ0v) is 6.42. The van der Waals surface area contributed by atoms with Gasteiger partial charge in [0.2, 0.25) is 0 Å². The number of nitrogens with two attached hydrogens (primary N) is 1. The van der Waals surface area contributed by atoms with Gasteiger partial charge in [0, 0.05) is 5.92 Å². The largest absolute Gasteiger partial charge is 0.457 e. The molecule has 1 aliphatic heterocycles. The summed E-state index contributed by atoms with van der Waals surface area (Å²) in [6, 6.07) is 0.414. The van der Waals surface area contributed by atoms with Crippen LogP contribution in [0.3, 0.4) is 0 Å². The van der Waals surface area contributed by atoms with Crippen molar-refractivity contribution in [1.29, 1.82) is 0 Å². The van der Waals surface area contributed by atoms with Gasteiger partial charge in [-0.25, -0.2) is 4.99 Å². The molecule has 3 atom stereocenters. The predicted octanol–water partition coefficient (Wildman–Crippen LogP) is 0.500. The lowest BCUT2D eigenvalue weighted by atomic mass is 9.98. The molecule has 2 fully saturated rings. The molecule has 0 radical (unpaired) electrons. The monoisotopic (exact) mass is 152 g/mol. The summed E-state index contributed by atoms with van der Waals surface area (Å²) in [5.41, 5.74) is 5.56. The number of fused-ring (bicyclic) bond motifs is 2. The van der Waals surface area contributed by atoms with E-state index in [1.807, 2.05) is 0 Å². The van der Waals surface area contributed by atoms with Crippen molar-refractivity contribution in [2.45, 2.75) is 24.9 Å². The van der Waals surface area contributed by atoms with Gasteiger partial charge in [0.1, 0.15) is 5.60 Å². The number of rotatable bonds is 0. The average Bonchev–Trinajstić information content (AvgIpc) is 2.60. The summed E-state index contributed by atoms with van der Waals surface area (Å²) in [6.07, 6.45) is 3.85. The molecule has 0 aromatic carbocycles.